The Kier molecular flexibility index (Phi) is 2.29. The number of nitrogens with one attached hydrogen (secondary N) is 1. The van der Waals surface area contributed by atoms with E-state index in [4.69, 9.17) is 16.3 Å². The minimum atomic E-state index is -0.573. The second-order valence-corrected chi connectivity index (χ2v) is 3.32. The standard InChI is InChI=1S/C9H7ClFNO2/c10-5-3-8-7(4-6(5)11)12-9(13)1-2-14-8/h3-4H,1-2H2,(H,12,13). The number of anilines is 1. The van der Waals surface area contributed by atoms with Crippen LogP contribution in [0.2, 0.25) is 5.02 Å². The van der Waals surface area contributed by atoms with E-state index >= 15 is 0 Å². The molecule has 0 aromatic heterocycles. The fourth-order valence-electron chi connectivity index (χ4n) is 1.21. The van der Waals surface area contributed by atoms with Gasteiger partial charge in [0.15, 0.2) is 0 Å². The van der Waals surface area contributed by atoms with Crippen LogP contribution in [0.25, 0.3) is 0 Å². The summed E-state index contributed by atoms with van der Waals surface area (Å²) < 4.78 is 18.2. The lowest BCUT2D eigenvalue weighted by atomic mass is 10.3. The molecular formula is C9H7ClFNO2. The van der Waals surface area contributed by atoms with Crippen molar-refractivity contribution in [3.63, 3.8) is 0 Å². The number of rotatable bonds is 0. The van der Waals surface area contributed by atoms with E-state index in [1.807, 2.05) is 0 Å². The first-order valence-corrected chi connectivity index (χ1v) is 4.46. The van der Waals surface area contributed by atoms with Crippen molar-refractivity contribution in [2.24, 2.45) is 0 Å². The molecule has 0 saturated carbocycles. The lowest BCUT2D eigenvalue weighted by Gasteiger charge is -2.07. The van der Waals surface area contributed by atoms with E-state index in [9.17, 15) is 9.18 Å². The zero-order valence-corrected chi connectivity index (χ0v) is 7.90. The van der Waals surface area contributed by atoms with Gasteiger partial charge in [0.25, 0.3) is 0 Å². The molecule has 1 aliphatic heterocycles. The van der Waals surface area contributed by atoms with Crippen molar-refractivity contribution in [3.05, 3.63) is 23.0 Å². The van der Waals surface area contributed by atoms with Crippen molar-refractivity contribution in [3.8, 4) is 5.75 Å². The van der Waals surface area contributed by atoms with Crippen LogP contribution in [0.3, 0.4) is 0 Å². The average Bonchev–Trinajstić information content (AvgIpc) is 2.28. The topological polar surface area (TPSA) is 38.3 Å². The summed E-state index contributed by atoms with van der Waals surface area (Å²) in [5, 5.41) is 2.51. The van der Waals surface area contributed by atoms with Gasteiger partial charge in [-0.05, 0) is 0 Å². The van der Waals surface area contributed by atoms with Crippen LogP contribution in [0, 0.1) is 5.82 Å². The van der Waals surface area contributed by atoms with Gasteiger partial charge >= 0.3 is 0 Å². The van der Waals surface area contributed by atoms with E-state index in [2.05, 4.69) is 5.32 Å². The molecule has 3 nitrogen and oxygen atoms in total. The molecule has 14 heavy (non-hydrogen) atoms. The molecule has 2 rings (SSSR count). The molecule has 1 amide bonds. The molecule has 0 fully saturated rings. The van der Waals surface area contributed by atoms with Crippen molar-refractivity contribution >= 4 is 23.2 Å². The number of fused-ring (bicyclic) bond motifs is 1. The molecule has 1 aromatic rings. The quantitative estimate of drug-likeness (QED) is 0.721. The summed E-state index contributed by atoms with van der Waals surface area (Å²) in [5.41, 5.74) is 0.328. The number of benzene rings is 1. The molecule has 1 heterocycles. The normalized spacial score (nSPS) is 15.1. The number of amides is 1. The van der Waals surface area contributed by atoms with E-state index < -0.39 is 5.82 Å². The van der Waals surface area contributed by atoms with E-state index in [0.29, 0.717) is 11.4 Å². The Bertz CT molecular complexity index is 395. The Labute approximate surface area is 84.8 Å². The van der Waals surface area contributed by atoms with Gasteiger partial charge in [0.05, 0.1) is 23.7 Å². The number of halogens is 2. The predicted octanol–water partition coefficient (Wildman–Crippen LogP) is 2.20. The van der Waals surface area contributed by atoms with Crippen LogP contribution in [-0.2, 0) is 4.79 Å². The lowest BCUT2D eigenvalue weighted by Crippen LogP contribution is -2.10. The minimum Gasteiger partial charge on any atom is -0.491 e. The molecule has 1 aliphatic rings. The first-order chi connectivity index (χ1) is 6.66. The second kappa shape index (κ2) is 3.46. The molecule has 5 heteroatoms. The van der Waals surface area contributed by atoms with E-state index in [0.717, 1.165) is 6.07 Å². The van der Waals surface area contributed by atoms with Gasteiger partial charge in [0.1, 0.15) is 11.6 Å². The SMILES string of the molecule is O=C1CCOc2cc(Cl)c(F)cc2N1. The van der Waals surface area contributed by atoms with Gasteiger partial charge in [0.2, 0.25) is 5.91 Å². The lowest BCUT2D eigenvalue weighted by molar-refractivity contribution is -0.116. The molecular weight excluding hydrogens is 209 g/mol. The van der Waals surface area contributed by atoms with Gasteiger partial charge in [-0.15, -0.1) is 0 Å². The molecule has 0 unspecified atom stereocenters. The van der Waals surface area contributed by atoms with Crippen LogP contribution in [0.4, 0.5) is 10.1 Å². The zero-order chi connectivity index (χ0) is 10.1. The Balaban J connectivity index is 2.46. The highest BCUT2D eigenvalue weighted by Crippen LogP contribution is 2.32. The summed E-state index contributed by atoms with van der Waals surface area (Å²) in [5.74, 6) is -0.357. The molecule has 0 saturated heterocycles. The Morgan fingerprint density at radius 3 is 3.07 bits per heavy atom. The van der Waals surface area contributed by atoms with Crippen LogP contribution in [0.1, 0.15) is 6.42 Å². The summed E-state index contributed by atoms with van der Waals surface area (Å²) in [6, 6.07) is 2.51. The number of carbonyl (C=O) groups excluding carboxylic acids is 1. The number of hydrogen-bond acceptors (Lipinski definition) is 2. The third-order valence-electron chi connectivity index (χ3n) is 1.88. The van der Waals surface area contributed by atoms with Crippen LogP contribution in [-0.4, -0.2) is 12.5 Å². The van der Waals surface area contributed by atoms with Gasteiger partial charge in [-0.2, -0.15) is 0 Å². The Morgan fingerprint density at radius 2 is 2.29 bits per heavy atom. The second-order valence-electron chi connectivity index (χ2n) is 2.91. The smallest absolute Gasteiger partial charge is 0.227 e. The maximum absolute atomic E-state index is 13.0. The highest BCUT2D eigenvalue weighted by Gasteiger charge is 2.16. The van der Waals surface area contributed by atoms with Crippen LogP contribution < -0.4 is 10.1 Å². The van der Waals surface area contributed by atoms with E-state index in [1.165, 1.54) is 6.07 Å². The largest absolute Gasteiger partial charge is 0.491 e. The third-order valence-corrected chi connectivity index (χ3v) is 2.17. The molecule has 0 spiro atoms. The van der Waals surface area contributed by atoms with Crippen molar-refractivity contribution in [2.75, 3.05) is 11.9 Å². The average molecular weight is 216 g/mol. The number of ether oxygens (including phenoxy) is 1. The van der Waals surface area contributed by atoms with Crippen molar-refractivity contribution in [2.45, 2.75) is 6.42 Å². The number of carbonyl (C=O) groups is 1. The molecule has 1 N–H and O–H groups in total. The third kappa shape index (κ3) is 1.65. The highest BCUT2D eigenvalue weighted by molar-refractivity contribution is 6.31. The summed E-state index contributed by atoms with van der Waals surface area (Å²) in [4.78, 5) is 11.1. The Hall–Kier alpha value is -1.29. The summed E-state index contributed by atoms with van der Waals surface area (Å²) >= 11 is 5.57. The van der Waals surface area contributed by atoms with Crippen molar-refractivity contribution in [1.82, 2.24) is 0 Å². The molecule has 0 atom stereocenters. The fraction of sp³-hybridized carbons (Fsp3) is 0.222. The van der Waals surface area contributed by atoms with Crippen LogP contribution in [0.15, 0.2) is 12.1 Å². The zero-order valence-electron chi connectivity index (χ0n) is 7.14. The molecule has 0 bridgehead atoms. The van der Waals surface area contributed by atoms with Crippen LogP contribution in [0.5, 0.6) is 5.75 Å². The van der Waals surface area contributed by atoms with Gasteiger partial charge in [-0.1, -0.05) is 11.6 Å². The number of hydrogen-bond donors (Lipinski definition) is 1. The first kappa shape index (κ1) is 9.27. The maximum Gasteiger partial charge on any atom is 0.227 e. The van der Waals surface area contributed by atoms with Gasteiger partial charge < -0.3 is 10.1 Å². The summed E-state index contributed by atoms with van der Waals surface area (Å²) in [6.45, 7) is 0.279. The molecule has 1 aromatic carbocycles. The Morgan fingerprint density at radius 1 is 1.50 bits per heavy atom. The van der Waals surface area contributed by atoms with Crippen molar-refractivity contribution < 1.29 is 13.9 Å². The summed E-state index contributed by atoms with van der Waals surface area (Å²) in [6.07, 6.45) is 0.258. The van der Waals surface area contributed by atoms with Gasteiger partial charge in [-0.3, -0.25) is 4.79 Å². The molecule has 0 radical (unpaired) electrons. The van der Waals surface area contributed by atoms with Crippen molar-refractivity contribution in [1.29, 1.82) is 0 Å². The monoisotopic (exact) mass is 215 g/mol. The first-order valence-electron chi connectivity index (χ1n) is 4.08. The van der Waals surface area contributed by atoms with E-state index in [-0.39, 0.29) is 24.0 Å². The minimum absolute atomic E-state index is 0.0140. The van der Waals surface area contributed by atoms with Gasteiger partial charge in [-0.25, -0.2) is 4.39 Å². The predicted molar refractivity (Wildman–Crippen MR) is 50.2 cm³/mol. The highest BCUT2D eigenvalue weighted by atomic mass is 35.5. The molecule has 0 aliphatic carbocycles. The van der Waals surface area contributed by atoms with Gasteiger partial charge in [0, 0.05) is 12.1 Å². The molecule has 74 valence electrons. The summed E-state index contributed by atoms with van der Waals surface area (Å²) in [7, 11) is 0. The van der Waals surface area contributed by atoms with E-state index in [1.54, 1.807) is 0 Å². The fourth-order valence-corrected chi connectivity index (χ4v) is 1.37. The van der Waals surface area contributed by atoms with Crippen LogP contribution >= 0.6 is 11.6 Å². The maximum atomic E-state index is 13.0.